The molecule has 2 rings (SSSR count). The molecule has 0 saturated heterocycles. The maximum atomic E-state index is 12.4. The molecule has 0 aliphatic carbocycles. The highest BCUT2D eigenvalue weighted by molar-refractivity contribution is 5.97. The lowest BCUT2D eigenvalue weighted by molar-refractivity contribution is -0.151. The summed E-state index contributed by atoms with van der Waals surface area (Å²) in [6, 6.07) is 8.44. The molecule has 1 amide bonds. The lowest BCUT2D eigenvalue weighted by Crippen LogP contribution is -2.41. The fraction of sp³-hybridized carbons (Fsp3) is 0.381. The summed E-state index contributed by atoms with van der Waals surface area (Å²) >= 11 is 0. The van der Waals surface area contributed by atoms with Crippen molar-refractivity contribution in [3.63, 3.8) is 0 Å². The highest BCUT2D eigenvalue weighted by atomic mass is 16.5. The van der Waals surface area contributed by atoms with Crippen LogP contribution in [0.4, 0.5) is 0 Å². The maximum Gasteiger partial charge on any atom is 0.328 e. The van der Waals surface area contributed by atoms with E-state index in [4.69, 9.17) is 9.47 Å². The van der Waals surface area contributed by atoms with Crippen molar-refractivity contribution in [2.24, 2.45) is 0 Å². The van der Waals surface area contributed by atoms with Crippen molar-refractivity contribution in [3.8, 4) is 11.5 Å². The summed E-state index contributed by atoms with van der Waals surface area (Å²) < 4.78 is 10.5. The minimum atomic E-state index is -0.911. The van der Waals surface area contributed by atoms with Gasteiger partial charge in [0, 0.05) is 18.2 Å². The molecule has 0 fully saturated rings. The van der Waals surface area contributed by atoms with Gasteiger partial charge in [-0.25, -0.2) is 9.78 Å². The molecule has 0 aliphatic rings. The number of benzene rings is 1. The molecule has 1 aromatic heterocycles. The van der Waals surface area contributed by atoms with Gasteiger partial charge in [-0.1, -0.05) is 31.2 Å². The van der Waals surface area contributed by atoms with Crippen LogP contribution in [-0.2, 0) is 9.53 Å². The number of nitrogens with one attached hydrogen (secondary N) is 1. The Morgan fingerprint density at radius 1 is 1.14 bits per heavy atom. The standard InChI is InChI=1S/C21H26N2O5/c1-12-8-6-7-9-16(12)13(2)15(4)28-21(26)14(3)23-20(25)18-19(24)17(27-5)10-11-22-18/h6-11,13-15,24H,1-5H3,(H,23,25)/t13?,14-,15?/m0/s1. The Morgan fingerprint density at radius 3 is 2.46 bits per heavy atom. The van der Waals surface area contributed by atoms with Gasteiger partial charge in [-0.15, -0.1) is 0 Å². The van der Waals surface area contributed by atoms with Gasteiger partial charge in [0.2, 0.25) is 0 Å². The monoisotopic (exact) mass is 386 g/mol. The summed E-state index contributed by atoms with van der Waals surface area (Å²) in [7, 11) is 1.37. The number of esters is 1. The average molecular weight is 386 g/mol. The number of pyridine rings is 1. The van der Waals surface area contributed by atoms with E-state index in [1.54, 1.807) is 0 Å². The van der Waals surface area contributed by atoms with Gasteiger partial charge in [0.05, 0.1) is 7.11 Å². The van der Waals surface area contributed by atoms with Crippen molar-refractivity contribution in [1.82, 2.24) is 10.3 Å². The van der Waals surface area contributed by atoms with Gasteiger partial charge in [0.15, 0.2) is 17.2 Å². The van der Waals surface area contributed by atoms with Gasteiger partial charge < -0.3 is 19.9 Å². The minimum absolute atomic E-state index is 0.00264. The van der Waals surface area contributed by atoms with Crippen LogP contribution in [-0.4, -0.2) is 41.2 Å². The number of carbonyl (C=O) groups is 2. The number of ether oxygens (including phenoxy) is 2. The van der Waals surface area contributed by atoms with Gasteiger partial charge in [-0.2, -0.15) is 0 Å². The number of nitrogens with zero attached hydrogens (tertiary/aromatic N) is 1. The molecule has 0 saturated carbocycles. The third-order valence-corrected chi connectivity index (χ3v) is 4.71. The number of methoxy groups -OCH3 is 1. The van der Waals surface area contributed by atoms with Crippen molar-refractivity contribution in [1.29, 1.82) is 0 Å². The van der Waals surface area contributed by atoms with Crippen molar-refractivity contribution in [2.45, 2.75) is 45.8 Å². The highest BCUT2D eigenvalue weighted by Gasteiger charge is 2.26. The Labute approximate surface area is 164 Å². The van der Waals surface area contributed by atoms with E-state index < -0.39 is 17.9 Å². The third kappa shape index (κ3) is 4.79. The quantitative estimate of drug-likeness (QED) is 0.710. The largest absolute Gasteiger partial charge is 0.503 e. The first-order valence-electron chi connectivity index (χ1n) is 9.05. The lowest BCUT2D eigenvalue weighted by atomic mass is 9.92. The summed E-state index contributed by atoms with van der Waals surface area (Å²) in [5.74, 6) is -1.53. The number of amides is 1. The van der Waals surface area contributed by atoms with Crippen LogP contribution in [0.1, 0.15) is 48.3 Å². The van der Waals surface area contributed by atoms with E-state index >= 15 is 0 Å². The van der Waals surface area contributed by atoms with Crippen LogP contribution in [0.5, 0.6) is 11.5 Å². The van der Waals surface area contributed by atoms with E-state index in [1.807, 2.05) is 45.0 Å². The van der Waals surface area contributed by atoms with Crippen molar-refractivity contribution in [3.05, 3.63) is 53.3 Å². The van der Waals surface area contributed by atoms with Crippen LogP contribution in [0.3, 0.4) is 0 Å². The van der Waals surface area contributed by atoms with Crippen molar-refractivity contribution < 1.29 is 24.2 Å². The zero-order valence-corrected chi connectivity index (χ0v) is 16.7. The molecule has 0 radical (unpaired) electrons. The number of hydrogen-bond donors (Lipinski definition) is 2. The van der Waals surface area contributed by atoms with E-state index in [2.05, 4.69) is 10.3 Å². The second kappa shape index (κ2) is 9.21. The van der Waals surface area contributed by atoms with Gasteiger partial charge in [0.1, 0.15) is 12.1 Å². The number of carbonyl (C=O) groups excluding carboxylic acids is 2. The molecule has 2 N–H and O–H groups in total. The molecule has 7 heteroatoms. The van der Waals surface area contributed by atoms with E-state index in [-0.39, 0.29) is 29.2 Å². The second-order valence-electron chi connectivity index (χ2n) is 6.69. The van der Waals surface area contributed by atoms with Crippen LogP contribution < -0.4 is 10.1 Å². The Bertz CT molecular complexity index is 852. The molecule has 7 nitrogen and oxygen atoms in total. The van der Waals surface area contributed by atoms with Crippen LogP contribution in [0.15, 0.2) is 36.5 Å². The van der Waals surface area contributed by atoms with Crippen LogP contribution in [0.25, 0.3) is 0 Å². The Hall–Kier alpha value is -3.09. The van der Waals surface area contributed by atoms with E-state index in [0.717, 1.165) is 11.1 Å². The van der Waals surface area contributed by atoms with E-state index in [1.165, 1.54) is 26.3 Å². The summed E-state index contributed by atoms with van der Waals surface area (Å²) in [4.78, 5) is 28.6. The number of aromatic nitrogens is 1. The van der Waals surface area contributed by atoms with Crippen LogP contribution >= 0.6 is 0 Å². The molecule has 1 aromatic carbocycles. The van der Waals surface area contributed by atoms with Crippen molar-refractivity contribution in [2.75, 3.05) is 7.11 Å². The summed E-state index contributed by atoms with van der Waals surface area (Å²) in [5.41, 5.74) is 2.00. The van der Waals surface area contributed by atoms with Gasteiger partial charge >= 0.3 is 5.97 Å². The fourth-order valence-corrected chi connectivity index (χ4v) is 2.83. The Morgan fingerprint density at radius 2 is 1.82 bits per heavy atom. The smallest absolute Gasteiger partial charge is 0.328 e. The number of hydrogen-bond acceptors (Lipinski definition) is 6. The number of aryl methyl sites for hydroxylation is 1. The predicted molar refractivity (Wildman–Crippen MR) is 105 cm³/mol. The lowest BCUT2D eigenvalue weighted by Gasteiger charge is -2.24. The molecule has 150 valence electrons. The predicted octanol–water partition coefficient (Wildman–Crippen LogP) is 2.96. The van der Waals surface area contributed by atoms with Crippen LogP contribution in [0, 0.1) is 6.92 Å². The molecule has 2 unspecified atom stereocenters. The Kier molecular flexibility index (Phi) is 6.98. The zero-order valence-electron chi connectivity index (χ0n) is 16.7. The minimum Gasteiger partial charge on any atom is -0.503 e. The van der Waals surface area contributed by atoms with Gasteiger partial charge in [0.25, 0.3) is 5.91 Å². The molecule has 0 bridgehead atoms. The molecular weight excluding hydrogens is 360 g/mol. The Balaban J connectivity index is 2.01. The molecule has 0 spiro atoms. The summed E-state index contributed by atoms with van der Waals surface area (Å²) in [5, 5.41) is 12.5. The van der Waals surface area contributed by atoms with Gasteiger partial charge in [-0.3, -0.25) is 4.79 Å². The van der Waals surface area contributed by atoms with E-state index in [9.17, 15) is 14.7 Å². The third-order valence-electron chi connectivity index (χ3n) is 4.71. The molecule has 1 heterocycles. The SMILES string of the molecule is COc1ccnc(C(=O)N[C@@H](C)C(=O)OC(C)C(C)c2ccccc2C)c1O. The zero-order chi connectivity index (χ0) is 20.8. The molecule has 0 aliphatic heterocycles. The molecule has 2 aromatic rings. The second-order valence-corrected chi connectivity index (χ2v) is 6.69. The first-order valence-corrected chi connectivity index (χ1v) is 9.05. The highest BCUT2D eigenvalue weighted by Crippen LogP contribution is 2.27. The maximum absolute atomic E-state index is 12.4. The average Bonchev–Trinajstić information content (AvgIpc) is 2.67. The van der Waals surface area contributed by atoms with Crippen LogP contribution in [0.2, 0.25) is 0 Å². The van der Waals surface area contributed by atoms with Crippen molar-refractivity contribution >= 4 is 11.9 Å². The number of aromatic hydroxyl groups is 1. The number of rotatable bonds is 7. The van der Waals surface area contributed by atoms with E-state index in [0.29, 0.717) is 0 Å². The molecule has 3 atom stereocenters. The van der Waals surface area contributed by atoms with Gasteiger partial charge in [-0.05, 0) is 31.9 Å². The fourth-order valence-electron chi connectivity index (χ4n) is 2.83. The first-order chi connectivity index (χ1) is 13.3. The molecule has 28 heavy (non-hydrogen) atoms. The first kappa shape index (κ1) is 21.2. The normalized spacial score (nSPS) is 13.9. The summed E-state index contributed by atoms with van der Waals surface area (Å²) in [6.45, 7) is 7.33. The summed E-state index contributed by atoms with van der Waals surface area (Å²) in [6.07, 6.45) is 0.957. The molecular formula is C21H26N2O5. The topological polar surface area (TPSA) is 97.8 Å².